The Morgan fingerprint density at radius 1 is 1.40 bits per heavy atom. The smallest absolute Gasteiger partial charge is 0.00276 e. The molecule has 1 heteroatoms. The van der Waals surface area contributed by atoms with Crippen molar-refractivity contribution in [3.8, 4) is 0 Å². The third-order valence-corrected chi connectivity index (χ3v) is 2.23. The van der Waals surface area contributed by atoms with Crippen molar-refractivity contribution in [3.63, 3.8) is 0 Å². The van der Waals surface area contributed by atoms with Crippen molar-refractivity contribution in [1.29, 1.82) is 0 Å². The van der Waals surface area contributed by atoms with Gasteiger partial charge in [-0.25, -0.2) is 0 Å². The van der Waals surface area contributed by atoms with Crippen LogP contribution >= 0.6 is 0 Å². The van der Waals surface area contributed by atoms with E-state index < -0.39 is 0 Å². The second-order valence-corrected chi connectivity index (χ2v) is 3.08. The fraction of sp³-hybridized carbons (Fsp3) is 0.778. The third kappa shape index (κ3) is 2.42. The van der Waals surface area contributed by atoms with E-state index in [-0.39, 0.29) is 0 Å². The Kier molecular flexibility index (Phi) is 3.34. The highest BCUT2D eigenvalue weighted by Crippen LogP contribution is 2.27. The summed E-state index contributed by atoms with van der Waals surface area (Å²) in [6.45, 7) is 0. The Bertz CT molecular complexity index is 101. The molecule has 0 spiro atoms. The molecule has 1 saturated carbocycles. The largest absolute Gasteiger partial charge is 0.394 e. The number of allylic oxidation sites excluding steroid dienone is 1. The first-order chi connectivity index (χ1) is 4.93. The van der Waals surface area contributed by atoms with E-state index in [1.54, 1.807) is 0 Å². The van der Waals surface area contributed by atoms with Crippen molar-refractivity contribution in [3.05, 3.63) is 12.3 Å². The number of hydrogen-bond donors (Lipinski definition) is 1. The SMILES string of the molecule is CN/C=C/CC1CCCC1. The summed E-state index contributed by atoms with van der Waals surface area (Å²) < 4.78 is 0. The molecule has 1 fully saturated rings. The fourth-order valence-electron chi connectivity index (χ4n) is 1.62. The zero-order valence-corrected chi connectivity index (χ0v) is 6.77. The predicted molar refractivity (Wildman–Crippen MR) is 44.8 cm³/mol. The second-order valence-electron chi connectivity index (χ2n) is 3.08. The quantitative estimate of drug-likeness (QED) is 0.632. The first-order valence-corrected chi connectivity index (χ1v) is 4.26. The summed E-state index contributed by atoms with van der Waals surface area (Å²) in [5, 5.41) is 3.01. The van der Waals surface area contributed by atoms with Crippen LogP contribution in [0.3, 0.4) is 0 Å². The molecule has 1 rings (SSSR count). The van der Waals surface area contributed by atoms with Crippen molar-refractivity contribution in [2.24, 2.45) is 5.92 Å². The van der Waals surface area contributed by atoms with E-state index in [1.807, 2.05) is 13.2 Å². The van der Waals surface area contributed by atoms with Gasteiger partial charge in [-0.05, 0) is 18.5 Å². The summed E-state index contributed by atoms with van der Waals surface area (Å²) in [4.78, 5) is 0. The van der Waals surface area contributed by atoms with Gasteiger partial charge in [0.05, 0.1) is 0 Å². The summed E-state index contributed by atoms with van der Waals surface area (Å²) in [6, 6.07) is 0. The normalized spacial score (nSPS) is 20.5. The lowest BCUT2D eigenvalue weighted by Gasteiger charge is -2.02. The van der Waals surface area contributed by atoms with Crippen LogP contribution in [0.15, 0.2) is 12.3 Å². The van der Waals surface area contributed by atoms with Crippen molar-refractivity contribution < 1.29 is 0 Å². The van der Waals surface area contributed by atoms with Gasteiger partial charge in [-0.1, -0.05) is 31.8 Å². The van der Waals surface area contributed by atoms with E-state index in [0.717, 1.165) is 5.92 Å². The molecule has 0 aromatic carbocycles. The van der Waals surface area contributed by atoms with Crippen molar-refractivity contribution >= 4 is 0 Å². The van der Waals surface area contributed by atoms with Gasteiger partial charge in [0.15, 0.2) is 0 Å². The predicted octanol–water partition coefficient (Wildman–Crippen LogP) is 2.30. The first kappa shape index (κ1) is 7.64. The standard InChI is InChI=1S/C9H17N/c1-10-8-4-7-9-5-2-3-6-9/h4,8-10H,2-3,5-7H2,1H3/b8-4+. The van der Waals surface area contributed by atoms with Crippen molar-refractivity contribution in [2.45, 2.75) is 32.1 Å². The molecule has 0 heterocycles. The van der Waals surface area contributed by atoms with Crippen molar-refractivity contribution in [1.82, 2.24) is 5.32 Å². The maximum Gasteiger partial charge on any atom is 0.00276 e. The molecular formula is C9H17N. The van der Waals surface area contributed by atoms with Gasteiger partial charge >= 0.3 is 0 Å². The van der Waals surface area contributed by atoms with Crippen LogP contribution in [0.2, 0.25) is 0 Å². The van der Waals surface area contributed by atoms with Gasteiger partial charge in [0.1, 0.15) is 0 Å². The Balaban J connectivity index is 2.06. The summed E-state index contributed by atoms with van der Waals surface area (Å²) >= 11 is 0. The van der Waals surface area contributed by atoms with Gasteiger partial charge in [0.2, 0.25) is 0 Å². The van der Waals surface area contributed by atoms with Crippen LogP contribution in [-0.4, -0.2) is 7.05 Å². The van der Waals surface area contributed by atoms with Gasteiger partial charge in [0.25, 0.3) is 0 Å². The minimum absolute atomic E-state index is 0.990. The molecule has 0 bridgehead atoms. The highest BCUT2D eigenvalue weighted by Gasteiger charge is 2.12. The molecule has 1 N–H and O–H groups in total. The molecule has 0 saturated heterocycles. The zero-order chi connectivity index (χ0) is 7.23. The lowest BCUT2D eigenvalue weighted by Crippen LogP contribution is -1.94. The zero-order valence-electron chi connectivity index (χ0n) is 6.77. The van der Waals surface area contributed by atoms with E-state index in [1.165, 1.54) is 32.1 Å². The molecule has 0 atom stereocenters. The molecule has 10 heavy (non-hydrogen) atoms. The van der Waals surface area contributed by atoms with Crippen LogP contribution in [0.5, 0.6) is 0 Å². The lowest BCUT2D eigenvalue weighted by molar-refractivity contribution is 0.557. The maximum atomic E-state index is 3.01. The molecule has 0 unspecified atom stereocenters. The topological polar surface area (TPSA) is 12.0 Å². The molecule has 58 valence electrons. The van der Waals surface area contributed by atoms with Crippen LogP contribution in [-0.2, 0) is 0 Å². The van der Waals surface area contributed by atoms with E-state index in [2.05, 4.69) is 11.4 Å². The highest BCUT2D eigenvalue weighted by molar-refractivity contribution is 4.82. The van der Waals surface area contributed by atoms with Gasteiger partial charge in [-0.15, -0.1) is 0 Å². The Hall–Kier alpha value is -0.460. The summed E-state index contributed by atoms with van der Waals surface area (Å²) in [5.74, 6) is 0.990. The molecule has 0 amide bonds. The Morgan fingerprint density at radius 3 is 2.70 bits per heavy atom. The van der Waals surface area contributed by atoms with Crippen LogP contribution in [0.1, 0.15) is 32.1 Å². The highest BCUT2D eigenvalue weighted by atomic mass is 14.8. The Morgan fingerprint density at radius 2 is 2.10 bits per heavy atom. The molecule has 0 aromatic rings. The van der Waals surface area contributed by atoms with Gasteiger partial charge in [-0.3, -0.25) is 0 Å². The van der Waals surface area contributed by atoms with E-state index >= 15 is 0 Å². The average Bonchev–Trinajstić information content (AvgIpc) is 2.41. The second kappa shape index (κ2) is 4.37. The average molecular weight is 139 g/mol. The van der Waals surface area contributed by atoms with Gasteiger partial charge in [-0.2, -0.15) is 0 Å². The Labute approximate surface area is 63.5 Å². The summed E-state index contributed by atoms with van der Waals surface area (Å²) in [6.07, 6.45) is 11.4. The summed E-state index contributed by atoms with van der Waals surface area (Å²) in [7, 11) is 1.95. The van der Waals surface area contributed by atoms with Crippen LogP contribution < -0.4 is 5.32 Å². The van der Waals surface area contributed by atoms with Crippen LogP contribution in [0.4, 0.5) is 0 Å². The first-order valence-electron chi connectivity index (χ1n) is 4.26. The van der Waals surface area contributed by atoms with Gasteiger partial charge in [0, 0.05) is 7.05 Å². The minimum atomic E-state index is 0.990. The van der Waals surface area contributed by atoms with Crippen LogP contribution in [0.25, 0.3) is 0 Å². The number of rotatable bonds is 3. The molecule has 0 aliphatic heterocycles. The monoisotopic (exact) mass is 139 g/mol. The lowest BCUT2D eigenvalue weighted by atomic mass is 10.0. The summed E-state index contributed by atoms with van der Waals surface area (Å²) in [5.41, 5.74) is 0. The molecule has 1 nitrogen and oxygen atoms in total. The molecule has 1 aliphatic carbocycles. The van der Waals surface area contributed by atoms with E-state index in [4.69, 9.17) is 0 Å². The third-order valence-electron chi connectivity index (χ3n) is 2.23. The minimum Gasteiger partial charge on any atom is -0.394 e. The molecular weight excluding hydrogens is 122 g/mol. The number of hydrogen-bond acceptors (Lipinski definition) is 1. The van der Waals surface area contributed by atoms with E-state index in [0.29, 0.717) is 0 Å². The maximum absolute atomic E-state index is 3.01. The fourth-order valence-corrected chi connectivity index (χ4v) is 1.62. The number of nitrogens with one attached hydrogen (secondary N) is 1. The molecule has 0 aromatic heterocycles. The molecule has 0 radical (unpaired) electrons. The van der Waals surface area contributed by atoms with Crippen LogP contribution in [0, 0.1) is 5.92 Å². The van der Waals surface area contributed by atoms with Gasteiger partial charge < -0.3 is 5.32 Å². The van der Waals surface area contributed by atoms with E-state index in [9.17, 15) is 0 Å². The molecule has 1 aliphatic rings. The van der Waals surface area contributed by atoms with Crippen molar-refractivity contribution in [2.75, 3.05) is 7.05 Å².